The van der Waals surface area contributed by atoms with Crippen molar-refractivity contribution in [2.24, 2.45) is 5.92 Å². The molecule has 0 spiro atoms. The first kappa shape index (κ1) is 20.2. The maximum atomic E-state index is 12.6. The third kappa shape index (κ3) is 4.65. The van der Waals surface area contributed by atoms with Gasteiger partial charge in [0.2, 0.25) is 0 Å². The molecular weight excluding hydrogens is 368 g/mol. The van der Waals surface area contributed by atoms with Crippen LogP contribution in [0.2, 0.25) is 0 Å². The highest BCUT2D eigenvalue weighted by Crippen LogP contribution is 2.36. The number of fused-ring (bicyclic) bond motifs is 1. The van der Waals surface area contributed by atoms with Crippen LogP contribution in [0.1, 0.15) is 30.6 Å². The normalized spacial score (nSPS) is 12.7. The van der Waals surface area contributed by atoms with E-state index in [1.807, 2.05) is 31.2 Å². The minimum atomic E-state index is -0.637. The number of hydrogen-bond donors (Lipinski definition) is 3. The number of benzene rings is 3. The zero-order valence-electron chi connectivity index (χ0n) is 16.0. The number of aliphatic hydroxyl groups excluding tert-OH is 1. The van der Waals surface area contributed by atoms with Gasteiger partial charge in [-0.2, -0.15) is 5.26 Å². The lowest BCUT2D eigenvalue weighted by Gasteiger charge is -2.25. The van der Waals surface area contributed by atoms with Crippen molar-refractivity contribution >= 4 is 22.6 Å². The summed E-state index contributed by atoms with van der Waals surface area (Å²) in [6, 6.07) is 19.2. The number of phenolic OH excluding ortho intramolecular Hbond substituents is 1. The van der Waals surface area contributed by atoms with Crippen LogP contribution in [0.25, 0.3) is 10.8 Å². The largest absolute Gasteiger partial charge is 0.507 e. The number of aliphatic hydroxyl groups is 1. The van der Waals surface area contributed by atoms with Crippen LogP contribution in [0.3, 0.4) is 0 Å². The number of aromatic hydroxyl groups is 1. The lowest BCUT2D eigenvalue weighted by Crippen LogP contribution is -2.22. The standard InChI is InChI=1S/C23H22N2O4/c1-15(12-13-26)22(20-10-11-21(27)19-5-3-2-4-18(19)20)29-23(28)25-17-8-6-16(14-24)7-9-17/h2-11,15,22,26-27H,12-13H2,1H3,(H,25,28)/t15-,22-/m0/s1. The first-order chi connectivity index (χ1) is 14.0. The van der Waals surface area contributed by atoms with Gasteiger partial charge < -0.3 is 14.9 Å². The van der Waals surface area contributed by atoms with E-state index in [9.17, 15) is 15.0 Å². The molecule has 0 bridgehead atoms. The number of hydrogen-bond acceptors (Lipinski definition) is 5. The molecule has 3 aromatic carbocycles. The van der Waals surface area contributed by atoms with Crippen LogP contribution in [-0.4, -0.2) is 22.9 Å². The second-order valence-electron chi connectivity index (χ2n) is 6.85. The van der Waals surface area contributed by atoms with Crippen LogP contribution >= 0.6 is 0 Å². The van der Waals surface area contributed by atoms with Crippen molar-refractivity contribution in [1.82, 2.24) is 0 Å². The molecule has 2 atom stereocenters. The van der Waals surface area contributed by atoms with E-state index in [-0.39, 0.29) is 18.3 Å². The summed E-state index contributed by atoms with van der Waals surface area (Å²) in [6.45, 7) is 1.87. The number of amides is 1. The van der Waals surface area contributed by atoms with Crippen LogP contribution in [-0.2, 0) is 4.74 Å². The van der Waals surface area contributed by atoms with Gasteiger partial charge in [0.1, 0.15) is 11.9 Å². The van der Waals surface area contributed by atoms with Crippen molar-refractivity contribution in [2.75, 3.05) is 11.9 Å². The Bertz CT molecular complexity index is 1040. The number of nitrogens with one attached hydrogen (secondary N) is 1. The molecule has 0 radical (unpaired) electrons. The Morgan fingerprint density at radius 1 is 1.10 bits per heavy atom. The summed E-state index contributed by atoms with van der Waals surface area (Å²) in [5.74, 6) is -0.000362. The van der Waals surface area contributed by atoms with Gasteiger partial charge in [-0.1, -0.05) is 37.3 Å². The second-order valence-corrected chi connectivity index (χ2v) is 6.85. The third-order valence-corrected chi connectivity index (χ3v) is 4.84. The number of anilines is 1. The molecule has 3 aromatic rings. The molecule has 0 heterocycles. The van der Waals surface area contributed by atoms with Crippen molar-refractivity contribution in [2.45, 2.75) is 19.4 Å². The van der Waals surface area contributed by atoms with Crippen molar-refractivity contribution in [1.29, 1.82) is 5.26 Å². The second kappa shape index (κ2) is 9.09. The summed E-state index contributed by atoms with van der Waals surface area (Å²) >= 11 is 0. The molecule has 0 aromatic heterocycles. The van der Waals surface area contributed by atoms with Crippen LogP contribution < -0.4 is 5.32 Å². The maximum absolute atomic E-state index is 12.6. The molecule has 1 amide bonds. The van der Waals surface area contributed by atoms with Crippen molar-refractivity contribution in [3.05, 3.63) is 71.8 Å². The van der Waals surface area contributed by atoms with Crippen molar-refractivity contribution < 1.29 is 19.7 Å². The Morgan fingerprint density at radius 2 is 1.79 bits per heavy atom. The van der Waals surface area contributed by atoms with Gasteiger partial charge in [-0.3, -0.25) is 5.32 Å². The van der Waals surface area contributed by atoms with Gasteiger partial charge in [0, 0.05) is 23.2 Å². The average Bonchev–Trinajstić information content (AvgIpc) is 2.73. The fraction of sp³-hybridized carbons (Fsp3) is 0.217. The summed E-state index contributed by atoms with van der Waals surface area (Å²) in [6.07, 6.45) is -0.808. The van der Waals surface area contributed by atoms with Crippen LogP contribution in [0.4, 0.5) is 10.5 Å². The number of phenols is 1. The van der Waals surface area contributed by atoms with Gasteiger partial charge in [-0.05, 0) is 48.1 Å². The van der Waals surface area contributed by atoms with Crippen LogP contribution in [0.15, 0.2) is 60.7 Å². The summed E-state index contributed by atoms with van der Waals surface area (Å²) < 4.78 is 5.75. The van der Waals surface area contributed by atoms with Crippen LogP contribution in [0, 0.1) is 17.2 Å². The number of carbonyl (C=O) groups is 1. The smallest absolute Gasteiger partial charge is 0.412 e. The Kier molecular flexibility index (Phi) is 6.32. The molecule has 0 aliphatic rings. The molecule has 0 fully saturated rings. The van der Waals surface area contributed by atoms with Crippen LogP contribution in [0.5, 0.6) is 5.75 Å². The van der Waals surface area contributed by atoms with E-state index in [1.54, 1.807) is 42.5 Å². The van der Waals surface area contributed by atoms with Gasteiger partial charge in [-0.25, -0.2) is 4.79 Å². The predicted molar refractivity (Wildman–Crippen MR) is 110 cm³/mol. The molecule has 6 heteroatoms. The summed E-state index contributed by atoms with van der Waals surface area (Å²) in [5.41, 5.74) is 1.77. The van der Waals surface area contributed by atoms with E-state index < -0.39 is 12.2 Å². The fourth-order valence-electron chi connectivity index (χ4n) is 3.29. The highest BCUT2D eigenvalue weighted by molar-refractivity contribution is 5.91. The molecule has 148 valence electrons. The summed E-state index contributed by atoms with van der Waals surface area (Å²) in [5, 5.41) is 32.5. The van der Waals surface area contributed by atoms with Gasteiger partial charge >= 0.3 is 6.09 Å². The van der Waals surface area contributed by atoms with Crippen molar-refractivity contribution in [3.8, 4) is 11.8 Å². The Labute approximate surface area is 169 Å². The number of ether oxygens (including phenoxy) is 1. The fourth-order valence-corrected chi connectivity index (χ4v) is 3.29. The number of nitriles is 1. The first-order valence-electron chi connectivity index (χ1n) is 9.32. The highest BCUT2D eigenvalue weighted by Gasteiger charge is 2.26. The number of carbonyl (C=O) groups excluding carboxylic acids is 1. The van der Waals surface area contributed by atoms with Gasteiger partial charge in [-0.15, -0.1) is 0 Å². The number of nitrogens with zero attached hydrogens (tertiary/aromatic N) is 1. The van der Waals surface area contributed by atoms with E-state index in [0.29, 0.717) is 23.1 Å². The van der Waals surface area contributed by atoms with Gasteiger partial charge in [0.15, 0.2) is 0 Å². The average molecular weight is 390 g/mol. The van der Waals surface area contributed by atoms with E-state index >= 15 is 0 Å². The predicted octanol–water partition coefficient (Wildman–Crippen LogP) is 4.73. The SMILES string of the molecule is C[C@@H](CCO)[C@H](OC(=O)Nc1ccc(C#N)cc1)c1ccc(O)c2ccccc12. The van der Waals surface area contributed by atoms with E-state index in [1.165, 1.54) is 0 Å². The van der Waals surface area contributed by atoms with Gasteiger partial charge in [0.05, 0.1) is 11.6 Å². The molecule has 0 saturated heterocycles. The minimum Gasteiger partial charge on any atom is -0.507 e. The van der Waals surface area contributed by atoms with Gasteiger partial charge in [0.25, 0.3) is 0 Å². The quantitative estimate of drug-likeness (QED) is 0.565. The Balaban J connectivity index is 1.89. The molecule has 0 unspecified atom stereocenters. The molecule has 0 aliphatic heterocycles. The van der Waals surface area contributed by atoms with E-state index in [2.05, 4.69) is 5.32 Å². The maximum Gasteiger partial charge on any atom is 0.412 e. The van der Waals surface area contributed by atoms with E-state index in [4.69, 9.17) is 10.00 Å². The zero-order chi connectivity index (χ0) is 20.8. The van der Waals surface area contributed by atoms with E-state index in [0.717, 1.165) is 10.9 Å². The van der Waals surface area contributed by atoms with Crippen molar-refractivity contribution in [3.63, 3.8) is 0 Å². The first-order valence-corrected chi connectivity index (χ1v) is 9.32. The minimum absolute atomic E-state index is 0.0334. The monoisotopic (exact) mass is 390 g/mol. The Hall–Kier alpha value is -3.56. The summed E-state index contributed by atoms with van der Waals surface area (Å²) in [7, 11) is 0. The molecule has 0 saturated carbocycles. The lowest BCUT2D eigenvalue weighted by atomic mass is 9.91. The molecule has 0 aliphatic carbocycles. The Morgan fingerprint density at radius 3 is 2.45 bits per heavy atom. The topological polar surface area (TPSA) is 103 Å². The highest BCUT2D eigenvalue weighted by atomic mass is 16.6. The molecule has 29 heavy (non-hydrogen) atoms. The molecule has 3 rings (SSSR count). The number of rotatable bonds is 6. The zero-order valence-corrected chi connectivity index (χ0v) is 16.0. The summed E-state index contributed by atoms with van der Waals surface area (Å²) in [4.78, 5) is 12.6. The third-order valence-electron chi connectivity index (χ3n) is 4.84. The lowest BCUT2D eigenvalue weighted by molar-refractivity contribution is 0.0676. The molecular formula is C23H22N2O4. The molecule has 3 N–H and O–H groups in total. The molecule has 6 nitrogen and oxygen atoms in total.